The molecule has 0 atom stereocenters. The van der Waals surface area contributed by atoms with Gasteiger partial charge in [0.25, 0.3) is 5.91 Å². The molecule has 26 heavy (non-hydrogen) atoms. The normalized spacial score (nSPS) is 10.6. The first kappa shape index (κ1) is 18.2. The van der Waals surface area contributed by atoms with Gasteiger partial charge in [0.1, 0.15) is 0 Å². The van der Waals surface area contributed by atoms with E-state index in [0.29, 0.717) is 16.6 Å². The second kappa shape index (κ2) is 7.31. The maximum atomic E-state index is 13.4. The summed E-state index contributed by atoms with van der Waals surface area (Å²) in [6.07, 6.45) is 0. The summed E-state index contributed by atoms with van der Waals surface area (Å²) >= 11 is 6.80. The van der Waals surface area contributed by atoms with Crippen molar-refractivity contribution in [1.29, 1.82) is 0 Å². The van der Waals surface area contributed by atoms with Crippen LogP contribution in [0.4, 0.5) is 13.9 Å². The highest BCUT2D eigenvalue weighted by atomic mass is 35.5. The Labute approximate surface area is 156 Å². The molecule has 1 amide bonds. The molecule has 0 aliphatic carbocycles. The third-order valence-corrected chi connectivity index (χ3v) is 4.85. The van der Waals surface area contributed by atoms with E-state index >= 15 is 0 Å². The summed E-state index contributed by atoms with van der Waals surface area (Å²) in [5, 5.41) is 2.40. The van der Waals surface area contributed by atoms with Crippen LogP contribution in [0.2, 0.25) is 5.02 Å². The minimum absolute atomic E-state index is 0.153. The van der Waals surface area contributed by atoms with Crippen molar-refractivity contribution < 1.29 is 18.4 Å². The lowest BCUT2D eigenvalue weighted by atomic mass is 10.1. The molecule has 3 rings (SSSR count). The Morgan fingerprint density at radius 2 is 1.77 bits per heavy atom. The number of halogens is 3. The van der Waals surface area contributed by atoms with Gasteiger partial charge in [-0.15, -0.1) is 0 Å². The fourth-order valence-corrected chi connectivity index (χ4v) is 3.38. The topological polar surface area (TPSA) is 59.1 Å². The Kier molecular flexibility index (Phi) is 5.11. The zero-order valence-corrected chi connectivity index (χ0v) is 14.9. The lowest BCUT2D eigenvalue weighted by Crippen LogP contribution is -2.13. The molecule has 1 heterocycles. The van der Waals surface area contributed by atoms with Gasteiger partial charge in [0.05, 0.1) is 21.2 Å². The number of anilines is 1. The molecular weight excluding hydrogens is 382 g/mol. The number of Topliss-reactive ketones (excluding diaryl/α,β-unsaturated/α-hetero) is 1. The van der Waals surface area contributed by atoms with Crippen LogP contribution in [-0.4, -0.2) is 16.7 Å². The molecule has 0 saturated carbocycles. The molecule has 1 N–H and O–H groups in total. The summed E-state index contributed by atoms with van der Waals surface area (Å²) < 4.78 is 26.5. The van der Waals surface area contributed by atoms with Crippen molar-refractivity contribution in [2.45, 2.75) is 6.92 Å². The maximum Gasteiger partial charge on any atom is 0.259 e. The van der Waals surface area contributed by atoms with Crippen molar-refractivity contribution in [3.8, 4) is 11.3 Å². The van der Waals surface area contributed by atoms with Gasteiger partial charge >= 0.3 is 0 Å². The van der Waals surface area contributed by atoms with Crippen LogP contribution in [0.3, 0.4) is 0 Å². The number of ketones is 1. The van der Waals surface area contributed by atoms with Gasteiger partial charge in [-0.2, -0.15) is 0 Å². The predicted octanol–water partition coefficient (Wildman–Crippen LogP) is 5.20. The van der Waals surface area contributed by atoms with Gasteiger partial charge in [0.2, 0.25) is 0 Å². The van der Waals surface area contributed by atoms with Gasteiger partial charge in [0, 0.05) is 12.5 Å². The minimum Gasteiger partial charge on any atom is -0.298 e. The number of benzene rings is 2. The number of thiazole rings is 1. The van der Waals surface area contributed by atoms with E-state index in [1.54, 1.807) is 24.3 Å². The van der Waals surface area contributed by atoms with Crippen LogP contribution >= 0.6 is 22.9 Å². The number of hydrogen-bond acceptors (Lipinski definition) is 4. The van der Waals surface area contributed by atoms with E-state index in [1.807, 2.05) is 6.07 Å². The zero-order chi connectivity index (χ0) is 18.8. The summed E-state index contributed by atoms with van der Waals surface area (Å²) in [4.78, 5) is 28.9. The third kappa shape index (κ3) is 3.63. The second-order valence-electron chi connectivity index (χ2n) is 5.32. The molecule has 4 nitrogen and oxygen atoms in total. The maximum absolute atomic E-state index is 13.4. The average molecular weight is 393 g/mol. The van der Waals surface area contributed by atoms with Gasteiger partial charge in [-0.05, 0) is 12.1 Å². The molecule has 8 heteroatoms. The summed E-state index contributed by atoms with van der Waals surface area (Å²) in [5.74, 6) is -3.29. The molecule has 0 bridgehead atoms. The molecule has 0 unspecified atom stereocenters. The number of nitrogens with zero attached hydrogens (tertiary/aromatic N) is 1. The second-order valence-corrected chi connectivity index (χ2v) is 6.73. The van der Waals surface area contributed by atoms with Crippen LogP contribution in [0.5, 0.6) is 0 Å². The first-order chi connectivity index (χ1) is 12.4. The number of carbonyl (C=O) groups is 2. The van der Waals surface area contributed by atoms with Gasteiger partial charge < -0.3 is 0 Å². The highest BCUT2D eigenvalue weighted by molar-refractivity contribution is 7.18. The van der Waals surface area contributed by atoms with Gasteiger partial charge in [-0.3, -0.25) is 14.9 Å². The molecule has 3 aromatic rings. The molecular formula is C18H11ClF2N2O2S. The van der Waals surface area contributed by atoms with Crippen LogP contribution in [0.1, 0.15) is 27.0 Å². The molecule has 132 valence electrons. The SMILES string of the molecule is CC(=O)c1sc(NC(=O)c2cc(F)c(F)cc2Cl)nc1-c1ccccc1. The largest absolute Gasteiger partial charge is 0.298 e. The van der Waals surface area contributed by atoms with E-state index in [4.69, 9.17) is 11.6 Å². The van der Waals surface area contributed by atoms with Crippen molar-refractivity contribution >= 4 is 39.8 Å². The van der Waals surface area contributed by atoms with E-state index in [9.17, 15) is 18.4 Å². The van der Waals surface area contributed by atoms with E-state index in [0.717, 1.165) is 23.0 Å². The number of carbonyl (C=O) groups excluding carboxylic acids is 2. The molecule has 0 fully saturated rings. The number of amides is 1. The molecule has 2 aromatic carbocycles. The molecule has 0 saturated heterocycles. The van der Waals surface area contributed by atoms with E-state index in [2.05, 4.69) is 10.3 Å². The van der Waals surface area contributed by atoms with Crippen LogP contribution < -0.4 is 5.32 Å². The highest BCUT2D eigenvalue weighted by Crippen LogP contribution is 2.32. The Hall–Kier alpha value is -2.64. The molecule has 0 spiro atoms. The summed E-state index contributed by atoms with van der Waals surface area (Å²) in [6, 6.07) is 10.5. The average Bonchev–Trinajstić information content (AvgIpc) is 3.03. The fourth-order valence-electron chi connectivity index (χ4n) is 2.26. The molecule has 0 radical (unpaired) electrons. The quantitative estimate of drug-likeness (QED) is 0.490. The Morgan fingerprint density at radius 3 is 2.42 bits per heavy atom. The standard InChI is InChI=1S/C18H11ClF2N2O2S/c1-9(24)16-15(10-5-3-2-4-6-10)22-18(26-16)23-17(25)11-7-13(20)14(21)8-12(11)19/h2-8H,1H3,(H,22,23,25). The van der Waals surface area contributed by atoms with Crippen LogP contribution in [0, 0.1) is 11.6 Å². The van der Waals surface area contributed by atoms with Gasteiger partial charge in [0.15, 0.2) is 22.5 Å². The minimum atomic E-state index is -1.19. The summed E-state index contributed by atoms with van der Waals surface area (Å²) in [7, 11) is 0. The van der Waals surface area contributed by atoms with Crippen molar-refractivity contribution in [1.82, 2.24) is 4.98 Å². The van der Waals surface area contributed by atoms with Gasteiger partial charge in [-0.25, -0.2) is 13.8 Å². The zero-order valence-electron chi connectivity index (χ0n) is 13.3. The van der Waals surface area contributed by atoms with E-state index in [1.165, 1.54) is 6.92 Å². The van der Waals surface area contributed by atoms with Crippen molar-refractivity contribution in [3.63, 3.8) is 0 Å². The Bertz CT molecular complexity index is 1010. The highest BCUT2D eigenvalue weighted by Gasteiger charge is 2.20. The molecule has 1 aromatic heterocycles. The van der Waals surface area contributed by atoms with Gasteiger partial charge in [-0.1, -0.05) is 53.3 Å². The van der Waals surface area contributed by atoms with Crippen LogP contribution in [-0.2, 0) is 0 Å². The number of aromatic nitrogens is 1. The number of rotatable bonds is 4. The lowest BCUT2D eigenvalue weighted by molar-refractivity contribution is 0.101. The first-order valence-electron chi connectivity index (χ1n) is 7.40. The monoisotopic (exact) mass is 392 g/mol. The number of hydrogen-bond donors (Lipinski definition) is 1. The van der Waals surface area contributed by atoms with Crippen molar-refractivity contribution in [2.24, 2.45) is 0 Å². The Balaban J connectivity index is 1.95. The van der Waals surface area contributed by atoms with Crippen molar-refractivity contribution in [2.75, 3.05) is 5.32 Å². The first-order valence-corrected chi connectivity index (χ1v) is 8.59. The fraction of sp³-hybridized carbons (Fsp3) is 0.0556. The number of nitrogens with one attached hydrogen (secondary N) is 1. The van der Waals surface area contributed by atoms with E-state index in [-0.39, 0.29) is 21.5 Å². The summed E-state index contributed by atoms with van der Waals surface area (Å²) in [6.45, 7) is 1.40. The Morgan fingerprint density at radius 1 is 1.12 bits per heavy atom. The van der Waals surface area contributed by atoms with E-state index < -0.39 is 17.5 Å². The van der Waals surface area contributed by atoms with Crippen LogP contribution in [0.25, 0.3) is 11.3 Å². The lowest BCUT2D eigenvalue weighted by Gasteiger charge is -2.05. The smallest absolute Gasteiger partial charge is 0.259 e. The summed E-state index contributed by atoms with van der Waals surface area (Å²) in [5.41, 5.74) is 0.932. The van der Waals surface area contributed by atoms with Crippen molar-refractivity contribution in [3.05, 3.63) is 69.6 Å². The molecule has 0 aliphatic rings. The van der Waals surface area contributed by atoms with Crippen LogP contribution in [0.15, 0.2) is 42.5 Å². The molecule has 0 aliphatic heterocycles. The third-order valence-electron chi connectivity index (χ3n) is 3.47. The predicted molar refractivity (Wildman–Crippen MR) is 96.9 cm³/mol.